The van der Waals surface area contributed by atoms with E-state index in [1.54, 1.807) is 0 Å². The summed E-state index contributed by atoms with van der Waals surface area (Å²) < 4.78 is 13.3. The molecule has 1 aromatic rings. The van der Waals surface area contributed by atoms with Crippen LogP contribution in [0.4, 0.5) is 4.39 Å². The first kappa shape index (κ1) is 8.49. The summed E-state index contributed by atoms with van der Waals surface area (Å²) in [6.45, 7) is -0.430. The van der Waals surface area contributed by atoms with E-state index in [0.29, 0.717) is 4.47 Å². The van der Waals surface area contributed by atoms with Gasteiger partial charge in [0.25, 0.3) is 0 Å². The van der Waals surface area contributed by atoms with Crippen LogP contribution >= 0.6 is 15.9 Å². The lowest BCUT2D eigenvalue weighted by Crippen LogP contribution is -1.91. The fourth-order valence-electron chi connectivity index (χ4n) is 0.730. The second-order valence-corrected chi connectivity index (χ2v) is 2.87. The highest BCUT2D eigenvalue weighted by Gasteiger charge is 2.09. The van der Waals surface area contributed by atoms with Gasteiger partial charge in [0.2, 0.25) is 0 Å². The van der Waals surface area contributed by atoms with Crippen LogP contribution in [0.5, 0.6) is 5.75 Å². The van der Waals surface area contributed by atoms with Gasteiger partial charge in [-0.3, -0.25) is 0 Å². The van der Waals surface area contributed by atoms with Crippen molar-refractivity contribution in [3.63, 3.8) is 0 Å². The Balaban J connectivity index is 3.29. The van der Waals surface area contributed by atoms with Gasteiger partial charge in [0.1, 0.15) is 0 Å². The van der Waals surface area contributed by atoms with Crippen LogP contribution in [-0.4, -0.2) is 10.2 Å². The normalized spacial score (nSPS) is 10.1. The zero-order valence-corrected chi connectivity index (χ0v) is 7.10. The molecule has 0 heterocycles. The molecule has 4 heteroatoms. The Morgan fingerprint density at radius 3 is 2.55 bits per heavy atom. The third kappa shape index (κ3) is 1.52. The minimum Gasteiger partial charge on any atom is -0.505 e. The zero-order valence-electron chi connectivity index (χ0n) is 5.51. The van der Waals surface area contributed by atoms with Crippen molar-refractivity contribution in [2.45, 2.75) is 6.61 Å². The largest absolute Gasteiger partial charge is 0.505 e. The number of aliphatic hydroxyl groups excluding tert-OH is 1. The number of aromatic hydroxyl groups is 1. The number of halogens is 2. The monoisotopic (exact) mass is 220 g/mol. The summed E-state index contributed by atoms with van der Waals surface area (Å²) in [6.07, 6.45) is 0. The van der Waals surface area contributed by atoms with E-state index >= 15 is 0 Å². The average molecular weight is 221 g/mol. The van der Waals surface area contributed by atoms with Gasteiger partial charge in [-0.25, -0.2) is 4.39 Å². The minimum absolute atomic E-state index is 0.0741. The third-order valence-corrected chi connectivity index (χ3v) is 2.07. The van der Waals surface area contributed by atoms with E-state index in [9.17, 15) is 4.39 Å². The molecule has 0 amide bonds. The Morgan fingerprint density at radius 1 is 1.45 bits per heavy atom. The van der Waals surface area contributed by atoms with Crippen molar-refractivity contribution in [1.29, 1.82) is 0 Å². The molecule has 0 aliphatic heterocycles. The summed E-state index contributed by atoms with van der Waals surface area (Å²) in [6, 6.07) is 2.70. The van der Waals surface area contributed by atoms with Crippen molar-refractivity contribution in [1.82, 2.24) is 0 Å². The third-order valence-electron chi connectivity index (χ3n) is 1.32. The molecule has 2 N–H and O–H groups in total. The second-order valence-electron chi connectivity index (χ2n) is 2.02. The van der Waals surface area contributed by atoms with Crippen molar-refractivity contribution in [2.75, 3.05) is 0 Å². The van der Waals surface area contributed by atoms with E-state index in [1.807, 2.05) is 0 Å². The van der Waals surface area contributed by atoms with Gasteiger partial charge in [-0.05, 0) is 12.1 Å². The van der Waals surface area contributed by atoms with Crippen LogP contribution in [0.15, 0.2) is 16.6 Å². The molecule has 1 aromatic carbocycles. The van der Waals surface area contributed by atoms with Gasteiger partial charge >= 0.3 is 0 Å². The molecular weight excluding hydrogens is 215 g/mol. The van der Waals surface area contributed by atoms with Gasteiger partial charge in [-0.1, -0.05) is 15.9 Å². The maximum Gasteiger partial charge on any atom is 0.171 e. The zero-order chi connectivity index (χ0) is 8.43. The van der Waals surface area contributed by atoms with Gasteiger partial charge in [-0.2, -0.15) is 0 Å². The van der Waals surface area contributed by atoms with Gasteiger partial charge in [0, 0.05) is 10.0 Å². The summed E-state index contributed by atoms with van der Waals surface area (Å²) in [5.74, 6) is -1.22. The Kier molecular flexibility index (Phi) is 2.46. The molecule has 0 saturated carbocycles. The number of phenolic OH excluding ortho intramolecular Hbond substituents is 1. The number of hydrogen-bond acceptors (Lipinski definition) is 2. The molecule has 60 valence electrons. The van der Waals surface area contributed by atoms with Crippen LogP contribution in [-0.2, 0) is 6.61 Å². The SMILES string of the molecule is OCc1c(Br)ccc(O)c1F. The first-order valence-electron chi connectivity index (χ1n) is 2.93. The fourth-order valence-corrected chi connectivity index (χ4v) is 1.16. The topological polar surface area (TPSA) is 40.5 Å². The van der Waals surface area contributed by atoms with E-state index < -0.39 is 18.2 Å². The van der Waals surface area contributed by atoms with Gasteiger partial charge in [0.05, 0.1) is 6.61 Å². The number of hydrogen-bond donors (Lipinski definition) is 2. The van der Waals surface area contributed by atoms with Gasteiger partial charge < -0.3 is 10.2 Å². The van der Waals surface area contributed by atoms with Gasteiger partial charge in [0.15, 0.2) is 11.6 Å². The van der Waals surface area contributed by atoms with Crippen LogP contribution in [0.1, 0.15) is 5.56 Å². The molecule has 0 aromatic heterocycles. The molecule has 11 heavy (non-hydrogen) atoms. The molecule has 0 aliphatic rings. The second kappa shape index (κ2) is 3.19. The number of aliphatic hydroxyl groups is 1. The molecule has 0 atom stereocenters. The fraction of sp³-hybridized carbons (Fsp3) is 0.143. The number of rotatable bonds is 1. The summed E-state index contributed by atoms with van der Waals surface area (Å²) in [5.41, 5.74) is 0.0741. The van der Waals surface area contributed by atoms with E-state index in [0.717, 1.165) is 0 Å². The highest BCUT2D eigenvalue weighted by atomic mass is 79.9. The lowest BCUT2D eigenvalue weighted by molar-refractivity contribution is 0.272. The maximum absolute atomic E-state index is 12.8. The van der Waals surface area contributed by atoms with E-state index in [2.05, 4.69) is 15.9 Å². The predicted molar refractivity (Wildman–Crippen MR) is 41.7 cm³/mol. The van der Waals surface area contributed by atoms with Crippen molar-refractivity contribution in [2.24, 2.45) is 0 Å². The number of benzene rings is 1. The summed E-state index contributed by atoms with van der Waals surface area (Å²) in [7, 11) is 0. The number of phenols is 1. The van der Waals surface area contributed by atoms with Crippen LogP contribution in [0.25, 0.3) is 0 Å². The quantitative estimate of drug-likeness (QED) is 0.758. The molecular formula is C7H6BrFO2. The smallest absolute Gasteiger partial charge is 0.171 e. The Labute approximate surface area is 71.4 Å². The minimum atomic E-state index is -0.776. The van der Waals surface area contributed by atoms with Crippen LogP contribution in [0, 0.1) is 5.82 Å². The highest BCUT2D eigenvalue weighted by Crippen LogP contribution is 2.26. The van der Waals surface area contributed by atoms with E-state index in [4.69, 9.17) is 10.2 Å². The van der Waals surface area contributed by atoms with Crippen molar-refractivity contribution < 1.29 is 14.6 Å². The summed E-state index contributed by atoms with van der Waals surface area (Å²) >= 11 is 3.03. The van der Waals surface area contributed by atoms with Crippen molar-refractivity contribution in [3.05, 3.63) is 28.0 Å². The molecule has 0 bridgehead atoms. The molecule has 0 radical (unpaired) electrons. The van der Waals surface area contributed by atoms with Gasteiger partial charge in [-0.15, -0.1) is 0 Å². The molecule has 1 rings (SSSR count). The first-order valence-corrected chi connectivity index (χ1v) is 3.73. The molecule has 0 aliphatic carbocycles. The lowest BCUT2D eigenvalue weighted by Gasteiger charge is -2.02. The molecule has 2 nitrogen and oxygen atoms in total. The Bertz CT molecular complexity index is 275. The average Bonchev–Trinajstić information content (AvgIpc) is 1.99. The van der Waals surface area contributed by atoms with E-state index in [1.165, 1.54) is 12.1 Å². The lowest BCUT2D eigenvalue weighted by atomic mass is 10.2. The van der Waals surface area contributed by atoms with Crippen molar-refractivity contribution >= 4 is 15.9 Å². The molecule has 0 unspecified atom stereocenters. The van der Waals surface area contributed by atoms with Crippen molar-refractivity contribution in [3.8, 4) is 5.75 Å². The summed E-state index contributed by atoms with van der Waals surface area (Å²) in [5, 5.41) is 17.5. The van der Waals surface area contributed by atoms with Crippen LogP contribution < -0.4 is 0 Å². The Hall–Kier alpha value is -0.610. The Morgan fingerprint density at radius 2 is 2.09 bits per heavy atom. The molecule has 0 spiro atoms. The molecule has 0 saturated heterocycles. The standard InChI is InChI=1S/C7H6BrFO2/c8-5-1-2-6(11)7(9)4(5)3-10/h1-2,10-11H,3H2. The maximum atomic E-state index is 12.8. The first-order chi connectivity index (χ1) is 5.16. The van der Waals surface area contributed by atoms with Crippen LogP contribution in [0.3, 0.4) is 0 Å². The predicted octanol–water partition coefficient (Wildman–Crippen LogP) is 1.79. The van der Waals surface area contributed by atoms with E-state index in [-0.39, 0.29) is 5.56 Å². The van der Waals surface area contributed by atoms with Crippen LogP contribution in [0.2, 0.25) is 0 Å². The highest BCUT2D eigenvalue weighted by molar-refractivity contribution is 9.10. The molecule has 0 fully saturated rings. The summed E-state index contributed by atoms with van der Waals surface area (Å²) in [4.78, 5) is 0.